The van der Waals surface area contributed by atoms with Gasteiger partial charge in [0.25, 0.3) is 0 Å². The van der Waals surface area contributed by atoms with Crippen LogP contribution >= 0.6 is 0 Å². The first-order chi connectivity index (χ1) is 8.93. The van der Waals surface area contributed by atoms with Gasteiger partial charge in [0, 0.05) is 26.2 Å². The Morgan fingerprint density at radius 1 is 1.21 bits per heavy atom. The van der Waals surface area contributed by atoms with E-state index in [4.69, 9.17) is 15.2 Å². The van der Waals surface area contributed by atoms with Crippen LogP contribution < -0.4 is 10.5 Å². The highest BCUT2D eigenvalue weighted by atomic mass is 19.1. The molecule has 0 spiro atoms. The van der Waals surface area contributed by atoms with Crippen molar-refractivity contribution >= 4 is 0 Å². The average Bonchev–Trinajstić information content (AvgIpc) is 2.30. The van der Waals surface area contributed by atoms with E-state index in [1.54, 1.807) is 21.0 Å². The predicted octanol–water partition coefficient (Wildman–Crippen LogP) is 2.66. The summed E-state index contributed by atoms with van der Waals surface area (Å²) >= 11 is 0. The third-order valence-electron chi connectivity index (χ3n) is 2.66. The molecule has 2 atom stereocenters. The first kappa shape index (κ1) is 15.9. The molecule has 2 N–H and O–H groups in total. The van der Waals surface area contributed by atoms with Crippen LogP contribution in [0.15, 0.2) is 12.1 Å². The van der Waals surface area contributed by atoms with Gasteiger partial charge in [-0.3, -0.25) is 0 Å². The molecule has 3 nitrogen and oxygen atoms in total. The van der Waals surface area contributed by atoms with Gasteiger partial charge in [-0.25, -0.2) is 8.78 Å². The van der Waals surface area contributed by atoms with Crippen LogP contribution in [0.5, 0.6) is 5.75 Å². The van der Waals surface area contributed by atoms with Gasteiger partial charge in [-0.05, 0) is 38.0 Å². The monoisotopic (exact) mass is 273 g/mol. The van der Waals surface area contributed by atoms with Crippen molar-refractivity contribution in [3.05, 3.63) is 29.3 Å². The molecule has 5 heteroatoms. The molecule has 1 aromatic rings. The summed E-state index contributed by atoms with van der Waals surface area (Å²) in [5.41, 5.74) is 6.14. The summed E-state index contributed by atoms with van der Waals surface area (Å²) in [5.74, 6) is -1.73. The van der Waals surface area contributed by atoms with Crippen molar-refractivity contribution in [1.29, 1.82) is 0 Å². The zero-order valence-corrected chi connectivity index (χ0v) is 11.6. The van der Waals surface area contributed by atoms with Gasteiger partial charge in [-0.15, -0.1) is 0 Å². The lowest BCUT2D eigenvalue weighted by Crippen LogP contribution is -2.19. The molecule has 0 aliphatic rings. The first-order valence-corrected chi connectivity index (χ1v) is 6.33. The number of benzene rings is 1. The number of hydrogen-bond acceptors (Lipinski definition) is 3. The molecule has 0 aromatic heterocycles. The van der Waals surface area contributed by atoms with Crippen LogP contribution in [0.3, 0.4) is 0 Å². The Hall–Kier alpha value is -1.20. The molecule has 0 aliphatic carbocycles. The maximum atomic E-state index is 13.8. The zero-order chi connectivity index (χ0) is 14.4. The molecule has 1 aromatic carbocycles. The molecule has 0 bridgehead atoms. The minimum absolute atomic E-state index is 0.147. The second kappa shape index (κ2) is 7.40. The third kappa shape index (κ3) is 5.12. The number of hydrogen-bond donors (Lipinski definition) is 1. The van der Waals surface area contributed by atoms with E-state index in [0.717, 1.165) is 0 Å². The van der Waals surface area contributed by atoms with Crippen LogP contribution in [0, 0.1) is 11.6 Å². The largest absolute Gasteiger partial charge is 0.485 e. The minimum atomic E-state index is -0.695. The SMILES string of the molecule is COCCC(C)Oc1c(F)cc(CC(C)N)cc1F. The molecule has 0 heterocycles. The fourth-order valence-electron chi connectivity index (χ4n) is 1.76. The maximum Gasteiger partial charge on any atom is 0.191 e. The topological polar surface area (TPSA) is 44.5 Å². The molecule has 2 unspecified atom stereocenters. The van der Waals surface area contributed by atoms with E-state index in [2.05, 4.69) is 0 Å². The van der Waals surface area contributed by atoms with E-state index in [-0.39, 0.29) is 17.9 Å². The summed E-state index contributed by atoms with van der Waals surface area (Å²) in [7, 11) is 1.57. The summed E-state index contributed by atoms with van der Waals surface area (Å²) < 4.78 is 37.8. The number of nitrogens with two attached hydrogens (primary N) is 1. The molecule has 19 heavy (non-hydrogen) atoms. The minimum Gasteiger partial charge on any atom is -0.485 e. The van der Waals surface area contributed by atoms with Crippen molar-refractivity contribution in [2.45, 2.75) is 38.8 Å². The van der Waals surface area contributed by atoms with Crippen LogP contribution in [0.1, 0.15) is 25.8 Å². The lowest BCUT2D eigenvalue weighted by Gasteiger charge is -2.16. The van der Waals surface area contributed by atoms with Gasteiger partial charge in [0.2, 0.25) is 0 Å². The smallest absolute Gasteiger partial charge is 0.191 e. The molecule has 0 fully saturated rings. The van der Waals surface area contributed by atoms with Crippen LogP contribution in [0.2, 0.25) is 0 Å². The lowest BCUT2D eigenvalue weighted by molar-refractivity contribution is 0.128. The number of methoxy groups -OCH3 is 1. The van der Waals surface area contributed by atoms with Crippen LogP contribution in [-0.4, -0.2) is 25.9 Å². The Morgan fingerprint density at radius 3 is 2.26 bits per heavy atom. The zero-order valence-electron chi connectivity index (χ0n) is 11.6. The molecule has 1 rings (SSSR count). The Balaban J connectivity index is 2.79. The van der Waals surface area contributed by atoms with E-state index < -0.39 is 11.6 Å². The van der Waals surface area contributed by atoms with Crippen molar-refractivity contribution in [3.63, 3.8) is 0 Å². The van der Waals surface area contributed by atoms with Crippen molar-refractivity contribution in [2.24, 2.45) is 5.73 Å². The molecule has 0 radical (unpaired) electrons. The maximum absolute atomic E-state index is 13.8. The third-order valence-corrected chi connectivity index (χ3v) is 2.66. The van der Waals surface area contributed by atoms with E-state index in [9.17, 15) is 8.78 Å². The second-order valence-electron chi connectivity index (χ2n) is 4.78. The fourth-order valence-corrected chi connectivity index (χ4v) is 1.76. The van der Waals surface area contributed by atoms with E-state index in [0.29, 0.717) is 25.0 Å². The normalized spacial score (nSPS) is 14.2. The Kier molecular flexibility index (Phi) is 6.18. The summed E-state index contributed by atoms with van der Waals surface area (Å²) in [4.78, 5) is 0. The average molecular weight is 273 g/mol. The van der Waals surface area contributed by atoms with Crippen molar-refractivity contribution in [1.82, 2.24) is 0 Å². The van der Waals surface area contributed by atoms with E-state index in [1.165, 1.54) is 12.1 Å². The van der Waals surface area contributed by atoms with Gasteiger partial charge in [-0.1, -0.05) is 0 Å². The van der Waals surface area contributed by atoms with Gasteiger partial charge >= 0.3 is 0 Å². The van der Waals surface area contributed by atoms with Crippen LogP contribution in [0.25, 0.3) is 0 Å². The van der Waals surface area contributed by atoms with Gasteiger partial charge in [-0.2, -0.15) is 0 Å². The van der Waals surface area contributed by atoms with E-state index in [1.807, 2.05) is 0 Å². The Bertz CT molecular complexity index is 387. The van der Waals surface area contributed by atoms with E-state index >= 15 is 0 Å². The van der Waals surface area contributed by atoms with Crippen LogP contribution in [0.4, 0.5) is 8.78 Å². The second-order valence-corrected chi connectivity index (χ2v) is 4.78. The summed E-state index contributed by atoms with van der Waals surface area (Å²) in [6.45, 7) is 4.01. The van der Waals surface area contributed by atoms with Crippen molar-refractivity contribution < 1.29 is 18.3 Å². The highest BCUT2D eigenvalue weighted by Gasteiger charge is 2.16. The molecule has 108 valence electrons. The van der Waals surface area contributed by atoms with Gasteiger partial charge in [0.1, 0.15) is 0 Å². The highest BCUT2D eigenvalue weighted by Crippen LogP contribution is 2.25. The van der Waals surface area contributed by atoms with Gasteiger partial charge in [0.05, 0.1) is 6.10 Å². The Morgan fingerprint density at radius 2 is 1.79 bits per heavy atom. The summed E-state index contributed by atoms with van der Waals surface area (Å²) in [5, 5.41) is 0. The number of halogens is 2. The van der Waals surface area contributed by atoms with Gasteiger partial charge in [0.15, 0.2) is 17.4 Å². The standard InChI is InChI=1S/C14H21F2NO2/c1-9(17)6-11-7-12(15)14(13(16)8-11)19-10(2)4-5-18-3/h7-10H,4-6,17H2,1-3H3. The number of rotatable bonds is 7. The summed E-state index contributed by atoms with van der Waals surface area (Å²) in [6.07, 6.45) is 0.674. The van der Waals surface area contributed by atoms with Crippen molar-refractivity contribution in [2.75, 3.05) is 13.7 Å². The molecule has 0 amide bonds. The lowest BCUT2D eigenvalue weighted by atomic mass is 10.1. The van der Waals surface area contributed by atoms with Gasteiger partial charge < -0.3 is 15.2 Å². The first-order valence-electron chi connectivity index (χ1n) is 6.33. The molecule has 0 saturated carbocycles. The summed E-state index contributed by atoms with van der Waals surface area (Å²) in [6, 6.07) is 2.39. The molecular weight excluding hydrogens is 252 g/mol. The quantitative estimate of drug-likeness (QED) is 0.830. The van der Waals surface area contributed by atoms with Crippen LogP contribution in [-0.2, 0) is 11.2 Å². The fraction of sp³-hybridized carbons (Fsp3) is 0.571. The predicted molar refractivity (Wildman–Crippen MR) is 70.3 cm³/mol. The number of ether oxygens (including phenoxy) is 2. The van der Waals surface area contributed by atoms with Crippen molar-refractivity contribution in [3.8, 4) is 5.75 Å². The molecule has 0 aliphatic heterocycles. The molecular formula is C14H21F2NO2. The Labute approximate surface area is 112 Å². The highest BCUT2D eigenvalue weighted by molar-refractivity contribution is 5.32. The molecule has 0 saturated heterocycles.